The zero-order valence-electron chi connectivity index (χ0n) is 14.4. The lowest BCUT2D eigenvalue weighted by Crippen LogP contribution is -2.25. The summed E-state index contributed by atoms with van der Waals surface area (Å²) in [6.07, 6.45) is 0.276. The van der Waals surface area contributed by atoms with Crippen LogP contribution in [0.3, 0.4) is 0 Å². The van der Waals surface area contributed by atoms with E-state index < -0.39 is 0 Å². The molecule has 4 heteroatoms. The molecule has 0 bridgehead atoms. The predicted molar refractivity (Wildman–Crippen MR) is 90.1 cm³/mol. The van der Waals surface area contributed by atoms with E-state index in [0.29, 0.717) is 5.92 Å². The Balaban J connectivity index is 2.80. The smallest absolute Gasteiger partial charge is 0.128 e. The fourth-order valence-corrected chi connectivity index (χ4v) is 2.00. The molecule has 0 atom stereocenters. The van der Waals surface area contributed by atoms with Crippen LogP contribution in [-0.2, 0) is 11.3 Å². The average Bonchev–Trinajstić information content (AvgIpc) is 2.44. The highest BCUT2D eigenvalue weighted by Crippen LogP contribution is 2.19. The molecule has 0 aliphatic heterocycles. The van der Waals surface area contributed by atoms with E-state index in [2.05, 4.69) is 64.0 Å². The van der Waals surface area contributed by atoms with Crippen molar-refractivity contribution >= 4 is 5.82 Å². The fourth-order valence-electron chi connectivity index (χ4n) is 2.00. The molecule has 0 saturated carbocycles. The normalized spacial score (nSPS) is 11.4. The van der Waals surface area contributed by atoms with Crippen LogP contribution < -0.4 is 10.2 Å². The highest BCUT2D eigenvalue weighted by atomic mass is 16.5. The standard InChI is InChI=1S/C17H31N3O/c1-7-18-12-15-10-16(13(2)3)19-17(11-15)20(6)8-9-21-14(4)5/h10-11,13-14,18H,7-9,12H2,1-6H3. The first-order chi connectivity index (χ1) is 9.93. The molecule has 0 amide bonds. The van der Waals surface area contributed by atoms with E-state index in [0.717, 1.165) is 37.8 Å². The lowest BCUT2D eigenvalue weighted by molar-refractivity contribution is 0.0845. The molecule has 120 valence electrons. The van der Waals surface area contributed by atoms with Gasteiger partial charge in [0.25, 0.3) is 0 Å². The minimum absolute atomic E-state index is 0.276. The van der Waals surface area contributed by atoms with Crippen LogP contribution in [0.2, 0.25) is 0 Å². The van der Waals surface area contributed by atoms with E-state index in [9.17, 15) is 0 Å². The predicted octanol–water partition coefficient (Wildman–Crippen LogP) is 3.18. The van der Waals surface area contributed by atoms with Crippen molar-refractivity contribution in [1.29, 1.82) is 0 Å². The number of nitrogens with zero attached hydrogens (tertiary/aromatic N) is 2. The Hall–Kier alpha value is -1.13. The van der Waals surface area contributed by atoms with E-state index in [1.807, 2.05) is 0 Å². The van der Waals surface area contributed by atoms with Gasteiger partial charge in [-0.1, -0.05) is 20.8 Å². The molecule has 0 aliphatic carbocycles. The maximum absolute atomic E-state index is 5.63. The van der Waals surface area contributed by atoms with Crippen LogP contribution in [0.15, 0.2) is 12.1 Å². The zero-order valence-corrected chi connectivity index (χ0v) is 14.4. The third-order valence-electron chi connectivity index (χ3n) is 3.33. The van der Waals surface area contributed by atoms with E-state index in [1.54, 1.807) is 0 Å². The summed E-state index contributed by atoms with van der Waals surface area (Å²) in [4.78, 5) is 6.95. The van der Waals surface area contributed by atoms with Crippen molar-refractivity contribution in [2.45, 2.75) is 53.2 Å². The average molecular weight is 293 g/mol. The molecule has 1 heterocycles. The largest absolute Gasteiger partial charge is 0.377 e. The molecule has 0 spiro atoms. The Labute approximate surface area is 129 Å². The second kappa shape index (κ2) is 9.00. The van der Waals surface area contributed by atoms with Crippen LogP contribution in [0.5, 0.6) is 0 Å². The quantitative estimate of drug-likeness (QED) is 0.759. The zero-order chi connectivity index (χ0) is 15.8. The van der Waals surface area contributed by atoms with E-state index >= 15 is 0 Å². The Bertz CT molecular complexity index is 418. The third-order valence-corrected chi connectivity index (χ3v) is 3.33. The van der Waals surface area contributed by atoms with Crippen LogP contribution in [0.1, 0.15) is 51.8 Å². The van der Waals surface area contributed by atoms with Gasteiger partial charge in [0.2, 0.25) is 0 Å². The number of likely N-dealkylation sites (N-methyl/N-ethyl adjacent to an activating group) is 1. The highest BCUT2D eigenvalue weighted by Gasteiger charge is 2.09. The number of anilines is 1. The van der Waals surface area contributed by atoms with Gasteiger partial charge in [0, 0.05) is 25.8 Å². The van der Waals surface area contributed by atoms with Gasteiger partial charge in [-0.2, -0.15) is 0 Å². The number of nitrogens with one attached hydrogen (secondary N) is 1. The summed E-state index contributed by atoms with van der Waals surface area (Å²) in [5, 5.41) is 3.38. The maximum Gasteiger partial charge on any atom is 0.128 e. The summed E-state index contributed by atoms with van der Waals surface area (Å²) in [7, 11) is 2.08. The molecule has 1 N–H and O–H groups in total. The fraction of sp³-hybridized carbons (Fsp3) is 0.706. The van der Waals surface area contributed by atoms with Crippen molar-refractivity contribution in [3.05, 3.63) is 23.4 Å². The molecule has 0 aromatic carbocycles. The van der Waals surface area contributed by atoms with Gasteiger partial charge in [-0.3, -0.25) is 0 Å². The van der Waals surface area contributed by atoms with Crippen molar-refractivity contribution in [2.75, 3.05) is 31.6 Å². The summed E-state index contributed by atoms with van der Waals surface area (Å²) in [6, 6.07) is 4.37. The number of rotatable bonds is 9. The van der Waals surface area contributed by atoms with Crippen molar-refractivity contribution in [1.82, 2.24) is 10.3 Å². The van der Waals surface area contributed by atoms with Gasteiger partial charge in [-0.05, 0) is 44.0 Å². The minimum Gasteiger partial charge on any atom is -0.377 e. The Morgan fingerprint density at radius 2 is 1.95 bits per heavy atom. The molecule has 0 aliphatic rings. The Morgan fingerprint density at radius 1 is 1.24 bits per heavy atom. The van der Waals surface area contributed by atoms with Gasteiger partial charge in [0.05, 0.1) is 12.7 Å². The molecular formula is C17H31N3O. The molecule has 1 aromatic heterocycles. The first kappa shape index (κ1) is 17.9. The van der Waals surface area contributed by atoms with Gasteiger partial charge in [0.1, 0.15) is 5.82 Å². The van der Waals surface area contributed by atoms with Crippen LogP contribution in [0.4, 0.5) is 5.82 Å². The molecule has 21 heavy (non-hydrogen) atoms. The topological polar surface area (TPSA) is 37.4 Å². The van der Waals surface area contributed by atoms with Gasteiger partial charge in [0.15, 0.2) is 0 Å². The summed E-state index contributed by atoms with van der Waals surface area (Å²) in [6.45, 7) is 14.1. The first-order valence-electron chi connectivity index (χ1n) is 7.98. The van der Waals surface area contributed by atoms with Gasteiger partial charge in [-0.15, -0.1) is 0 Å². The number of aromatic nitrogens is 1. The van der Waals surface area contributed by atoms with Crippen LogP contribution >= 0.6 is 0 Å². The molecular weight excluding hydrogens is 262 g/mol. The number of pyridine rings is 1. The van der Waals surface area contributed by atoms with Crippen LogP contribution in [0.25, 0.3) is 0 Å². The van der Waals surface area contributed by atoms with Crippen molar-refractivity contribution in [2.24, 2.45) is 0 Å². The van der Waals surface area contributed by atoms with Crippen molar-refractivity contribution in [3.8, 4) is 0 Å². The molecule has 1 rings (SSSR count). The summed E-state index contributed by atoms with van der Waals surface area (Å²) >= 11 is 0. The second-order valence-corrected chi connectivity index (χ2v) is 6.03. The lowest BCUT2D eigenvalue weighted by atomic mass is 10.1. The van der Waals surface area contributed by atoms with E-state index in [-0.39, 0.29) is 6.10 Å². The minimum atomic E-state index is 0.276. The molecule has 0 unspecified atom stereocenters. The summed E-state index contributed by atoms with van der Waals surface area (Å²) in [5.41, 5.74) is 2.44. The monoisotopic (exact) mass is 293 g/mol. The van der Waals surface area contributed by atoms with Crippen molar-refractivity contribution < 1.29 is 4.74 Å². The highest BCUT2D eigenvalue weighted by molar-refractivity contribution is 5.42. The number of hydrogen-bond acceptors (Lipinski definition) is 4. The second-order valence-electron chi connectivity index (χ2n) is 6.03. The number of hydrogen-bond donors (Lipinski definition) is 1. The summed E-state index contributed by atoms with van der Waals surface area (Å²) in [5.74, 6) is 1.46. The van der Waals surface area contributed by atoms with E-state index in [1.165, 1.54) is 5.56 Å². The maximum atomic E-state index is 5.63. The molecule has 1 aromatic rings. The SMILES string of the molecule is CCNCc1cc(C(C)C)nc(N(C)CCOC(C)C)c1. The molecule has 0 radical (unpaired) electrons. The van der Waals surface area contributed by atoms with Gasteiger partial charge < -0.3 is 15.0 Å². The first-order valence-corrected chi connectivity index (χ1v) is 7.98. The summed E-state index contributed by atoms with van der Waals surface area (Å²) < 4.78 is 5.63. The lowest BCUT2D eigenvalue weighted by Gasteiger charge is -2.21. The van der Waals surface area contributed by atoms with Crippen molar-refractivity contribution in [3.63, 3.8) is 0 Å². The van der Waals surface area contributed by atoms with Crippen LogP contribution in [-0.4, -0.2) is 37.8 Å². The molecule has 4 nitrogen and oxygen atoms in total. The third kappa shape index (κ3) is 6.44. The van der Waals surface area contributed by atoms with Gasteiger partial charge in [-0.25, -0.2) is 4.98 Å². The van der Waals surface area contributed by atoms with Gasteiger partial charge >= 0.3 is 0 Å². The molecule has 0 fully saturated rings. The number of ether oxygens (including phenoxy) is 1. The van der Waals surface area contributed by atoms with E-state index in [4.69, 9.17) is 9.72 Å². The van der Waals surface area contributed by atoms with Crippen LogP contribution in [0, 0.1) is 0 Å². The Kier molecular flexibility index (Phi) is 7.68. The Morgan fingerprint density at radius 3 is 2.52 bits per heavy atom. The molecule has 0 saturated heterocycles.